The number of fused-ring (bicyclic) bond motifs is 2. The summed E-state index contributed by atoms with van der Waals surface area (Å²) in [5.74, 6) is 0.813. The van der Waals surface area contributed by atoms with E-state index in [1.165, 1.54) is 29.2 Å². The third-order valence-corrected chi connectivity index (χ3v) is 9.23. The molecule has 4 rings (SSSR count). The van der Waals surface area contributed by atoms with Crippen molar-refractivity contribution in [3.8, 4) is 0 Å². The van der Waals surface area contributed by atoms with E-state index < -0.39 is 35.9 Å². The summed E-state index contributed by atoms with van der Waals surface area (Å²) < 4.78 is 0. The molecule has 31 heavy (non-hydrogen) atoms. The molecule has 5 N–H and O–H groups in total. The standard InChI is InChI=1S/C25H37ClO5/c1-13-7-16-14(11-26)5-6-15-20(16)17(13)8-23(2)10-19(29)24(3,21(15)23)9-18(28)22(30)25(4,31)12-27/h8,11,13,15,18-19,21-22,27-31H,5-7,9-10,12H2,1-4H3/b14-11+/t13-,15+,18-,19-,21-,22-,23-,24-,25-/m0/s1. The van der Waals surface area contributed by atoms with Gasteiger partial charge in [0.15, 0.2) is 0 Å². The topological polar surface area (TPSA) is 101 Å². The molecule has 6 heteroatoms. The average Bonchev–Trinajstić information content (AvgIpc) is 3.13. The second kappa shape index (κ2) is 7.68. The SMILES string of the molecule is C[C@H]1CC2=C3C1=C[C@@]1(C)C[C@H](O)[C@](C)(C[C@H](O)[C@H](O)[C@@](C)(O)CO)[C@H]1[C@@H]3CC/C2=C\Cl. The minimum atomic E-state index is -1.80. The van der Waals surface area contributed by atoms with Crippen LogP contribution < -0.4 is 0 Å². The molecule has 0 spiro atoms. The second-order valence-electron chi connectivity index (χ2n) is 11.3. The predicted octanol–water partition coefficient (Wildman–Crippen LogP) is 3.04. The van der Waals surface area contributed by atoms with E-state index in [0.717, 1.165) is 19.3 Å². The van der Waals surface area contributed by atoms with Crippen LogP contribution in [0.2, 0.25) is 0 Å². The fraction of sp³-hybridized carbons (Fsp3) is 0.760. The van der Waals surface area contributed by atoms with Crippen molar-refractivity contribution in [1.82, 2.24) is 0 Å². The van der Waals surface area contributed by atoms with Gasteiger partial charge >= 0.3 is 0 Å². The summed E-state index contributed by atoms with van der Waals surface area (Å²) in [6.07, 6.45) is 2.62. The molecule has 4 aliphatic rings. The van der Waals surface area contributed by atoms with Crippen LogP contribution >= 0.6 is 11.6 Å². The van der Waals surface area contributed by atoms with E-state index in [1.54, 1.807) is 5.54 Å². The largest absolute Gasteiger partial charge is 0.393 e. The van der Waals surface area contributed by atoms with Crippen molar-refractivity contribution in [2.45, 2.75) is 83.7 Å². The molecule has 174 valence electrons. The highest BCUT2D eigenvalue weighted by atomic mass is 35.5. The van der Waals surface area contributed by atoms with Gasteiger partial charge in [0, 0.05) is 11.0 Å². The summed E-state index contributed by atoms with van der Waals surface area (Å²) in [6, 6.07) is 0. The molecule has 4 aliphatic carbocycles. The molecule has 0 amide bonds. The van der Waals surface area contributed by atoms with Crippen LogP contribution in [0.4, 0.5) is 0 Å². The highest BCUT2D eigenvalue weighted by Crippen LogP contribution is 2.68. The van der Waals surface area contributed by atoms with Gasteiger partial charge < -0.3 is 25.5 Å². The summed E-state index contributed by atoms with van der Waals surface area (Å²) in [5, 5.41) is 52.3. The van der Waals surface area contributed by atoms with E-state index in [9.17, 15) is 25.5 Å². The van der Waals surface area contributed by atoms with Gasteiger partial charge in [-0.2, -0.15) is 0 Å². The summed E-state index contributed by atoms with van der Waals surface area (Å²) in [7, 11) is 0. The lowest BCUT2D eigenvalue weighted by Crippen LogP contribution is -2.53. The first-order valence-electron chi connectivity index (χ1n) is 11.5. The van der Waals surface area contributed by atoms with Gasteiger partial charge in [-0.1, -0.05) is 38.4 Å². The van der Waals surface area contributed by atoms with E-state index in [2.05, 4.69) is 19.9 Å². The van der Waals surface area contributed by atoms with E-state index in [-0.39, 0.29) is 23.7 Å². The Balaban J connectivity index is 1.75. The molecule has 0 radical (unpaired) electrons. The van der Waals surface area contributed by atoms with Crippen LogP contribution in [0.1, 0.15) is 59.8 Å². The first-order chi connectivity index (χ1) is 14.4. The summed E-state index contributed by atoms with van der Waals surface area (Å²) in [6.45, 7) is 7.16. The molecular weight excluding hydrogens is 416 g/mol. The van der Waals surface area contributed by atoms with E-state index >= 15 is 0 Å². The molecule has 0 heterocycles. The molecule has 0 bridgehead atoms. The molecule has 0 aromatic heterocycles. The van der Waals surface area contributed by atoms with Crippen LogP contribution in [0.3, 0.4) is 0 Å². The molecular formula is C25H37ClO5. The van der Waals surface area contributed by atoms with Gasteiger partial charge in [-0.15, -0.1) is 0 Å². The number of hydrogen-bond acceptors (Lipinski definition) is 5. The average molecular weight is 453 g/mol. The Kier molecular flexibility index (Phi) is 5.81. The predicted molar refractivity (Wildman–Crippen MR) is 120 cm³/mol. The third-order valence-electron chi connectivity index (χ3n) is 8.97. The van der Waals surface area contributed by atoms with Crippen LogP contribution in [0.5, 0.6) is 0 Å². The molecule has 0 aromatic carbocycles. The molecule has 5 nitrogen and oxygen atoms in total. The minimum absolute atomic E-state index is 0.104. The van der Waals surface area contributed by atoms with Gasteiger partial charge in [0.1, 0.15) is 11.7 Å². The van der Waals surface area contributed by atoms with Gasteiger partial charge in [-0.25, -0.2) is 0 Å². The molecule has 9 atom stereocenters. The Hall–Kier alpha value is -0.690. The van der Waals surface area contributed by atoms with Crippen LogP contribution in [0.15, 0.2) is 33.9 Å². The van der Waals surface area contributed by atoms with Gasteiger partial charge in [-0.3, -0.25) is 0 Å². The van der Waals surface area contributed by atoms with Crippen molar-refractivity contribution in [3.63, 3.8) is 0 Å². The van der Waals surface area contributed by atoms with Gasteiger partial charge in [0.2, 0.25) is 0 Å². The molecule has 1 saturated carbocycles. The molecule has 0 saturated heterocycles. The lowest BCUT2D eigenvalue weighted by molar-refractivity contribution is -0.151. The van der Waals surface area contributed by atoms with Crippen molar-refractivity contribution in [2.75, 3.05) is 6.61 Å². The van der Waals surface area contributed by atoms with Crippen LogP contribution in [-0.2, 0) is 0 Å². The number of aliphatic hydroxyl groups excluding tert-OH is 4. The third kappa shape index (κ3) is 3.39. The summed E-state index contributed by atoms with van der Waals surface area (Å²) in [5.41, 5.74) is 4.46. The highest BCUT2D eigenvalue weighted by Gasteiger charge is 2.63. The maximum Gasteiger partial charge on any atom is 0.113 e. The van der Waals surface area contributed by atoms with E-state index in [0.29, 0.717) is 12.3 Å². The summed E-state index contributed by atoms with van der Waals surface area (Å²) >= 11 is 6.17. The van der Waals surface area contributed by atoms with E-state index in [1.807, 2.05) is 6.92 Å². The zero-order valence-corrected chi connectivity index (χ0v) is 19.7. The van der Waals surface area contributed by atoms with E-state index in [4.69, 9.17) is 11.6 Å². The summed E-state index contributed by atoms with van der Waals surface area (Å²) in [4.78, 5) is 0. The van der Waals surface area contributed by atoms with Crippen molar-refractivity contribution < 1.29 is 25.5 Å². The van der Waals surface area contributed by atoms with Crippen LogP contribution in [0.25, 0.3) is 0 Å². The highest BCUT2D eigenvalue weighted by molar-refractivity contribution is 6.26. The van der Waals surface area contributed by atoms with Crippen LogP contribution in [-0.4, -0.2) is 56.1 Å². The Morgan fingerprint density at radius 2 is 2.00 bits per heavy atom. The van der Waals surface area contributed by atoms with Crippen molar-refractivity contribution in [1.29, 1.82) is 0 Å². The lowest BCUT2D eigenvalue weighted by atomic mass is 9.54. The van der Waals surface area contributed by atoms with Crippen molar-refractivity contribution >= 4 is 11.6 Å². The molecule has 0 aromatic rings. The van der Waals surface area contributed by atoms with Crippen molar-refractivity contribution in [2.24, 2.45) is 28.6 Å². The van der Waals surface area contributed by atoms with Gasteiger partial charge in [0.25, 0.3) is 0 Å². The van der Waals surface area contributed by atoms with Crippen molar-refractivity contribution in [3.05, 3.63) is 33.9 Å². The Labute approximate surface area is 190 Å². The Morgan fingerprint density at radius 3 is 2.61 bits per heavy atom. The zero-order chi connectivity index (χ0) is 22.9. The lowest BCUT2D eigenvalue weighted by Gasteiger charge is -2.50. The molecule has 0 aliphatic heterocycles. The first-order valence-corrected chi connectivity index (χ1v) is 12.0. The molecule has 0 unspecified atom stereocenters. The van der Waals surface area contributed by atoms with Gasteiger partial charge in [0.05, 0.1) is 18.8 Å². The number of rotatable bonds is 5. The number of hydrogen-bond donors (Lipinski definition) is 5. The quantitative estimate of drug-likeness (QED) is 0.441. The monoisotopic (exact) mass is 452 g/mol. The number of allylic oxidation sites excluding steroid dienone is 5. The number of aliphatic hydroxyl groups is 5. The second-order valence-corrected chi connectivity index (χ2v) is 11.5. The zero-order valence-electron chi connectivity index (χ0n) is 19.0. The minimum Gasteiger partial charge on any atom is -0.393 e. The smallest absolute Gasteiger partial charge is 0.113 e. The molecule has 1 fully saturated rings. The Morgan fingerprint density at radius 1 is 1.32 bits per heavy atom. The number of halogens is 1. The maximum atomic E-state index is 11.3. The first kappa shape index (κ1) is 23.5. The van der Waals surface area contributed by atoms with Gasteiger partial charge in [-0.05, 0) is 84.5 Å². The Bertz CT molecular complexity index is 845. The maximum absolute atomic E-state index is 11.3. The van der Waals surface area contributed by atoms with Crippen LogP contribution in [0, 0.1) is 28.6 Å². The fourth-order valence-corrected chi connectivity index (χ4v) is 7.72. The normalized spacial score (nSPS) is 44.6. The fourth-order valence-electron chi connectivity index (χ4n) is 7.48.